The van der Waals surface area contributed by atoms with Crippen molar-refractivity contribution < 1.29 is 14.7 Å². The first-order valence-corrected chi connectivity index (χ1v) is 4.64. The summed E-state index contributed by atoms with van der Waals surface area (Å²) in [4.78, 5) is 22.0. The number of ketones is 1. The fourth-order valence-electron chi connectivity index (χ4n) is 0.997. The van der Waals surface area contributed by atoms with E-state index < -0.39 is 5.91 Å². The van der Waals surface area contributed by atoms with E-state index in [1.807, 2.05) is 0 Å². The summed E-state index contributed by atoms with van der Waals surface area (Å²) in [6, 6.07) is 4.15. The number of hydrogen-bond acceptors (Lipinski definition) is 3. The quantitative estimate of drug-likeness (QED) is 0.820. The zero-order valence-corrected chi connectivity index (χ0v) is 8.84. The molecule has 0 fully saturated rings. The van der Waals surface area contributed by atoms with Crippen molar-refractivity contribution in [2.45, 2.75) is 6.92 Å². The van der Waals surface area contributed by atoms with Crippen LogP contribution in [0.3, 0.4) is 0 Å². The van der Waals surface area contributed by atoms with Crippen LogP contribution in [0.1, 0.15) is 17.3 Å². The predicted molar refractivity (Wildman–Crippen MR) is 56.1 cm³/mol. The molecule has 1 rings (SSSR count). The molecule has 0 heterocycles. The number of benzene rings is 1. The molecule has 0 aliphatic rings. The summed E-state index contributed by atoms with van der Waals surface area (Å²) < 4.78 is 0. The van der Waals surface area contributed by atoms with Crippen LogP contribution in [0.2, 0.25) is 5.02 Å². The van der Waals surface area contributed by atoms with Crippen LogP contribution in [0.4, 0.5) is 0 Å². The van der Waals surface area contributed by atoms with Crippen LogP contribution >= 0.6 is 11.6 Å². The Hall–Kier alpha value is -1.55. The van der Waals surface area contributed by atoms with Crippen LogP contribution in [0, 0.1) is 0 Å². The maximum absolute atomic E-state index is 11.4. The van der Waals surface area contributed by atoms with Gasteiger partial charge in [0.25, 0.3) is 5.91 Å². The number of Topliss-reactive ketones (excluding diaryl/α,β-unsaturated/α-hetero) is 1. The van der Waals surface area contributed by atoms with Crippen molar-refractivity contribution >= 4 is 23.3 Å². The van der Waals surface area contributed by atoms with Crippen molar-refractivity contribution in [1.82, 2.24) is 5.32 Å². The van der Waals surface area contributed by atoms with Gasteiger partial charge in [-0.05, 0) is 25.1 Å². The Kier molecular flexibility index (Phi) is 3.68. The molecule has 5 heteroatoms. The SMILES string of the molecule is CC(=O)CNC(=O)c1ccc(Cl)cc1O. The van der Waals surface area contributed by atoms with E-state index in [1.54, 1.807) is 0 Å². The van der Waals surface area contributed by atoms with Crippen LogP contribution in [-0.2, 0) is 4.79 Å². The van der Waals surface area contributed by atoms with E-state index in [-0.39, 0.29) is 23.6 Å². The molecule has 2 N–H and O–H groups in total. The molecule has 0 aliphatic carbocycles. The van der Waals surface area contributed by atoms with Gasteiger partial charge in [-0.3, -0.25) is 9.59 Å². The number of carbonyl (C=O) groups is 2. The molecule has 0 unspecified atom stereocenters. The van der Waals surface area contributed by atoms with Crippen molar-refractivity contribution in [1.29, 1.82) is 0 Å². The lowest BCUT2D eigenvalue weighted by Gasteiger charge is -2.05. The Morgan fingerprint density at radius 3 is 2.67 bits per heavy atom. The third kappa shape index (κ3) is 3.25. The van der Waals surface area contributed by atoms with Crippen molar-refractivity contribution in [3.63, 3.8) is 0 Å². The third-order valence-corrected chi connectivity index (χ3v) is 1.94. The summed E-state index contributed by atoms with van der Waals surface area (Å²) in [5, 5.41) is 12.1. The van der Waals surface area contributed by atoms with Crippen molar-refractivity contribution in [3.05, 3.63) is 28.8 Å². The maximum atomic E-state index is 11.4. The fraction of sp³-hybridized carbons (Fsp3) is 0.200. The topological polar surface area (TPSA) is 66.4 Å². The minimum atomic E-state index is -0.501. The number of hydrogen-bond donors (Lipinski definition) is 2. The highest BCUT2D eigenvalue weighted by Gasteiger charge is 2.11. The van der Waals surface area contributed by atoms with Crippen LogP contribution in [0.5, 0.6) is 5.75 Å². The van der Waals surface area contributed by atoms with Crippen LogP contribution in [0.25, 0.3) is 0 Å². The van der Waals surface area contributed by atoms with Crippen molar-refractivity contribution in [2.24, 2.45) is 0 Å². The molecule has 1 aromatic rings. The molecule has 1 amide bonds. The first kappa shape index (κ1) is 11.5. The molecular weight excluding hydrogens is 218 g/mol. The molecule has 0 spiro atoms. The number of phenolic OH excluding ortho intramolecular Hbond substituents is 1. The molecule has 0 aromatic heterocycles. The maximum Gasteiger partial charge on any atom is 0.255 e. The molecule has 0 saturated heterocycles. The van der Waals surface area contributed by atoms with Gasteiger partial charge in [0.05, 0.1) is 12.1 Å². The molecule has 0 radical (unpaired) electrons. The number of aromatic hydroxyl groups is 1. The summed E-state index contributed by atoms with van der Waals surface area (Å²) in [5.74, 6) is -0.861. The van der Waals surface area contributed by atoms with Gasteiger partial charge in [-0.25, -0.2) is 0 Å². The Morgan fingerprint density at radius 1 is 1.47 bits per heavy atom. The average molecular weight is 228 g/mol. The van der Waals surface area contributed by atoms with E-state index in [0.717, 1.165) is 0 Å². The second-order valence-electron chi connectivity index (χ2n) is 3.05. The summed E-state index contributed by atoms with van der Waals surface area (Å²) in [7, 11) is 0. The summed E-state index contributed by atoms with van der Waals surface area (Å²) in [6.45, 7) is 1.31. The Bertz CT molecular complexity index is 404. The molecule has 0 atom stereocenters. The normalized spacial score (nSPS) is 9.73. The van der Waals surface area contributed by atoms with Gasteiger partial charge in [-0.1, -0.05) is 11.6 Å². The highest BCUT2D eigenvalue weighted by atomic mass is 35.5. The van der Waals surface area contributed by atoms with Gasteiger partial charge in [0.1, 0.15) is 11.5 Å². The molecular formula is C10H10ClNO3. The zero-order valence-electron chi connectivity index (χ0n) is 8.08. The number of halogens is 1. The summed E-state index contributed by atoms with van der Waals surface area (Å²) >= 11 is 5.60. The number of carbonyl (C=O) groups excluding carboxylic acids is 2. The first-order chi connectivity index (χ1) is 7.00. The lowest BCUT2D eigenvalue weighted by Crippen LogP contribution is -2.28. The molecule has 0 saturated carbocycles. The van der Waals surface area contributed by atoms with Gasteiger partial charge >= 0.3 is 0 Å². The standard InChI is InChI=1S/C10H10ClNO3/c1-6(13)5-12-10(15)8-3-2-7(11)4-9(8)14/h2-4,14H,5H2,1H3,(H,12,15). The summed E-state index contributed by atoms with van der Waals surface area (Å²) in [6.07, 6.45) is 0. The van der Waals surface area contributed by atoms with E-state index in [0.29, 0.717) is 5.02 Å². The van der Waals surface area contributed by atoms with Crippen LogP contribution in [0.15, 0.2) is 18.2 Å². The summed E-state index contributed by atoms with van der Waals surface area (Å²) in [5.41, 5.74) is 0.0978. The van der Waals surface area contributed by atoms with Crippen molar-refractivity contribution in [2.75, 3.05) is 6.54 Å². The largest absolute Gasteiger partial charge is 0.507 e. The highest BCUT2D eigenvalue weighted by molar-refractivity contribution is 6.30. The molecule has 4 nitrogen and oxygen atoms in total. The van der Waals surface area contributed by atoms with Crippen LogP contribution < -0.4 is 5.32 Å². The lowest BCUT2D eigenvalue weighted by molar-refractivity contribution is -0.116. The first-order valence-electron chi connectivity index (χ1n) is 4.27. The smallest absolute Gasteiger partial charge is 0.255 e. The monoisotopic (exact) mass is 227 g/mol. The molecule has 15 heavy (non-hydrogen) atoms. The zero-order chi connectivity index (χ0) is 11.4. The third-order valence-electron chi connectivity index (χ3n) is 1.70. The molecule has 0 aliphatic heterocycles. The second-order valence-corrected chi connectivity index (χ2v) is 3.48. The minimum absolute atomic E-state index is 0.0547. The minimum Gasteiger partial charge on any atom is -0.507 e. The van der Waals surface area contributed by atoms with E-state index in [4.69, 9.17) is 11.6 Å². The lowest BCUT2D eigenvalue weighted by atomic mass is 10.2. The Labute approximate surface area is 91.9 Å². The number of amides is 1. The van der Waals surface area contributed by atoms with Crippen molar-refractivity contribution in [3.8, 4) is 5.75 Å². The second kappa shape index (κ2) is 4.79. The molecule has 0 bridgehead atoms. The molecule has 1 aromatic carbocycles. The van der Waals surface area contributed by atoms with Crippen LogP contribution in [-0.4, -0.2) is 23.3 Å². The number of phenols is 1. The van der Waals surface area contributed by atoms with E-state index in [1.165, 1.54) is 25.1 Å². The van der Waals surface area contributed by atoms with E-state index >= 15 is 0 Å². The van der Waals surface area contributed by atoms with Gasteiger partial charge in [0.2, 0.25) is 0 Å². The van der Waals surface area contributed by atoms with E-state index in [2.05, 4.69) is 5.32 Å². The van der Waals surface area contributed by atoms with Gasteiger partial charge in [0, 0.05) is 5.02 Å². The average Bonchev–Trinajstić information content (AvgIpc) is 2.14. The van der Waals surface area contributed by atoms with Gasteiger partial charge in [-0.15, -0.1) is 0 Å². The fourth-order valence-corrected chi connectivity index (χ4v) is 1.16. The Morgan fingerprint density at radius 2 is 2.13 bits per heavy atom. The van der Waals surface area contributed by atoms with Gasteiger partial charge in [-0.2, -0.15) is 0 Å². The molecule has 80 valence electrons. The predicted octanol–water partition coefficient (Wildman–Crippen LogP) is 1.36. The van der Waals surface area contributed by atoms with Gasteiger partial charge < -0.3 is 10.4 Å². The van der Waals surface area contributed by atoms with E-state index in [9.17, 15) is 14.7 Å². The Balaban J connectivity index is 2.78. The number of rotatable bonds is 3. The number of nitrogens with one attached hydrogen (secondary N) is 1. The van der Waals surface area contributed by atoms with Gasteiger partial charge in [0.15, 0.2) is 0 Å². The highest BCUT2D eigenvalue weighted by Crippen LogP contribution is 2.21.